The van der Waals surface area contributed by atoms with Crippen LogP contribution in [0.5, 0.6) is 0 Å². The molecule has 0 spiro atoms. The minimum absolute atomic E-state index is 0.868. The van der Waals surface area contributed by atoms with Crippen LogP contribution in [0.25, 0.3) is 27.5 Å². The van der Waals surface area contributed by atoms with E-state index in [4.69, 9.17) is 9.97 Å². The molecule has 0 aliphatic carbocycles. The summed E-state index contributed by atoms with van der Waals surface area (Å²) in [5.74, 6) is 0. The second kappa shape index (κ2) is 7.99. The monoisotopic (exact) mass is 463 g/mol. The van der Waals surface area contributed by atoms with Gasteiger partial charge in [0.2, 0.25) is 0 Å². The molecule has 0 saturated carbocycles. The van der Waals surface area contributed by atoms with Crippen molar-refractivity contribution in [3.63, 3.8) is 0 Å². The third kappa shape index (κ3) is 3.64. The van der Waals surface area contributed by atoms with E-state index in [1.807, 2.05) is 0 Å². The number of pyridine rings is 2. The van der Waals surface area contributed by atoms with Crippen molar-refractivity contribution >= 4 is 46.5 Å². The van der Waals surface area contributed by atoms with Gasteiger partial charge in [0, 0.05) is 53.3 Å². The lowest BCUT2D eigenvalue weighted by atomic mass is 10.1. The van der Waals surface area contributed by atoms with E-state index < -0.39 is 8.07 Å². The molecule has 0 bridgehead atoms. The van der Waals surface area contributed by atoms with Crippen molar-refractivity contribution in [2.45, 2.75) is 26.1 Å². The first-order valence-electron chi connectivity index (χ1n) is 11.9. The summed E-state index contributed by atoms with van der Waals surface area (Å²) in [6.07, 6.45) is 7.43. The maximum atomic E-state index is 5.17. The first kappa shape index (κ1) is 20.9. The Hall–Kier alpha value is -3.64. The molecule has 5 nitrogen and oxygen atoms in total. The topological polar surface area (TPSA) is 36.7 Å². The van der Waals surface area contributed by atoms with Crippen molar-refractivity contribution in [2.75, 3.05) is 18.1 Å². The fourth-order valence-corrected chi connectivity index (χ4v) is 5.76. The highest BCUT2D eigenvalue weighted by Crippen LogP contribution is 2.28. The van der Waals surface area contributed by atoms with Gasteiger partial charge in [-0.05, 0) is 30.3 Å². The third-order valence-electron chi connectivity index (χ3n) is 6.61. The predicted molar refractivity (Wildman–Crippen MR) is 144 cm³/mol. The van der Waals surface area contributed by atoms with E-state index in [0.29, 0.717) is 0 Å². The van der Waals surface area contributed by atoms with Crippen LogP contribution in [0.3, 0.4) is 0 Å². The van der Waals surface area contributed by atoms with Gasteiger partial charge in [0.1, 0.15) is 13.7 Å². The van der Waals surface area contributed by atoms with Gasteiger partial charge in [-0.2, -0.15) is 0 Å². The molecule has 170 valence electrons. The highest BCUT2D eigenvalue weighted by molar-refractivity contribution is 6.88. The number of para-hydroxylation sites is 2. The van der Waals surface area contributed by atoms with Crippen LogP contribution in [0.4, 0.5) is 5.69 Å². The number of aromatic nitrogens is 3. The lowest BCUT2D eigenvalue weighted by molar-refractivity contribution is 0.409. The van der Waals surface area contributed by atoms with E-state index in [1.165, 1.54) is 21.9 Å². The molecule has 0 fully saturated rings. The average Bonchev–Trinajstić information content (AvgIpc) is 3.50. The van der Waals surface area contributed by atoms with Gasteiger partial charge in [0.25, 0.3) is 0 Å². The molecule has 0 amide bonds. The Labute approximate surface area is 201 Å². The Morgan fingerprint density at radius 1 is 0.824 bits per heavy atom. The molecule has 4 heterocycles. The summed E-state index contributed by atoms with van der Waals surface area (Å²) in [5, 5.41) is 3.56. The second-order valence-electron chi connectivity index (χ2n) is 10.1. The van der Waals surface area contributed by atoms with Gasteiger partial charge in [-0.1, -0.05) is 56.0 Å². The minimum Gasteiger partial charge on any atom is -0.358 e. The molecule has 34 heavy (non-hydrogen) atoms. The van der Waals surface area contributed by atoms with Crippen molar-refractivity contribution in [1.29, 1.82) is 0 Å². The zero-order valence-corrected chi connectivity index (χ0v) is 20.9. The summed E-state index contributed by atoms with van der Waals surface area (Å²) in [7, 11) is -1.51. The summed E-state index contributed by atoms with van der Waals surface area (Å²) >= 11 is 0. The molecule has 5 aromatic rings. The largest absolute Gasteiger partial charge is 0.358 e. The summed E-state index contributed by atoms with van der Waals surface area (Å²) < 4.78 is 2.25. The molecule has 0 radical (unpaired) electrons. The van der Waals surface area contributed by atoms with E-state index in [0.717, 1.165) is 41.9 Å². The zero-order chi connectivity index (χ0) is 23.3. The van der Waals surface area contributed by atoms with Gasteiger partial charge in [-0.3, -0.25) is 9.38 Å². The van der Waals surface area contributed by atoms with Gasteiger partial charge >= 0.3 is 0 Å². The number of hydrogen-bond acceptors (Lipinski definition) is 4. The van der Waals surface area contributed by atoms with Crippen molar-refractivity contribution < 1.29 is 0 Å². The quantitative estimate of drug-likeness (QED) is 0.259. The average molecular weight is 464 g/mol. The van der Waals surface area contributed by atoms with Crippen molar-refractivity contribution in [3.05, 3.63) is 91.0 Å². The first-order chi connectivity index (χ1) is 16.5. The van der Waals surface area contributed by atoms with Crippen LogP contribution in [-0.2, 0) is 6.42 Å². The molecular weight excluding hydrogens is 434 g/mol. The Kier molecular flexibility index (Phi) is 4.92. The van der Waals surface area contributed by atoms with Gasteiger partial charge < -0.3 is 9.80 Å². The lowest BCUT2D eigenvalue weighted by Crippen LogP contribution is -2.39. The van der Waals surface area contributed by atoms with E-state index in [-0.39, 0.29) is 0 Å². The number of hydrogen-bond donors (Lipinski definition) is 0. The van der Waals surface area contributed by atoms with E-state index >= 15 is 0 Å². The molecule has 0 atom stereocenters. The Morgan fingerprint density at radius 3 is 2.44 bits per heavy atom. The Bertz CT molecular complexity index is 1530. The molecule has 0 N–H and O–H groups in total. The lowest BCUT2D eigenvalue weighted by Gasteiger charge is -2.21. The maximum Gasteiger partial charge on any atom is 0.147 e. The standard InChI is InChI=1S/C28H29N5Si/c1-34(2,3)26-14-13-24-27(30-26)23-11-7-8-12-25(23)33-19-21(29-28(24)33)15-16-31-17-18-32(20-31)22-9-5-4-6-10-22/h4-14,17-19H,15-16,20H2,1-3H3. The Balaban J connectivity index is 1.33. The fraction of sp³-hybridized carbons (Fsp3) is 0.214. The van der Waals surface area contributed by atoms with E-state index in [2.05, 4.69) is 119 Å². The summed E-state index contributed by atoms with van der Waals surface area (Å²) in [5.41, 5.74) is 5.57. The molecule has 1 aliphatic rings. The van der Waals surface area contributed by atoms with Crippen molar-refractivity contribution in [2.24, 2.45) is 0 Å². The van der Waals surface area contributed by atoms with Gasteiger partial charge in [-0.15, -0.1) is 0 Å². The van der Waals surface area contributed by atoms with Gasteiger partial charge in [0.15, 0.2) is 0 Å². The van der Waals surface area contributed by atoms with Crippen molar-refractivity contribution in [3.8, 4) is 0 Å². The SMILES string of the molecule is C[Si](C)(C)c1ccc2c(n1)c1ccccc1n1cc(CCN3C=CN(c4ccccc4)C3)nc21. The van der Waals surface area contributed by atoms with Crippen molar-refractivity contribution in [1.82, 2.24) is 19.3 Å². The molecule has 6 rings (SSSR count). The zero-order valence-electron chi connectivity index (χ0n) is 19.9. The predicted octanol–water partition coefficient (Wildman–Crippen LogP) is 5.37. The normalized spacial score (nSPS) is 14.2. The van der Waals surface area contributed by atoms with E-state index in [1.54, 1.807) is 0 Å². The van der Waals surface area contributed by atoms with Crippen LogP contribution in [0.1, 0.15) is 5.69 Å². The molecule has 6 heteroatoms. The molecule has 1 aliphatic heterocycles. The van der Waals surface area contributed by atoms with Crippen LogP contribution < -0.4 is 10.2 Å². The highest BCUT2D eigenvalue weighted by atomic mass is 28.3. The summed E-state index contributed by atoms with van der Waals surface area (Å²) in [6, 6.07) is 23.5. The van der Waals surface area contributed by atoms with Crippen LogP contribution >= 0.6 is 0 Å². The van der Waals surface area contributed by atoms with Crippen LogP contribution in [0.2, 0.25) is 19.6 Å². The number of rotatable bonds is 5. The minimum atomic E-state index is -1.51. The highest BCUT2D eigenvalue weighted by Gasteiger charge is 2.21. The Morgan fingerprint density at radius 2 is 1.62 bits per heavy atom. The molecule has 0 saturated heterocycles. The maximum absolute atomic E-state index is 5.17. The molecule has 3 aromatic heterocycles. The van der Waals surface area contributed by atoms with Crippen LogP contribution in [-0.4, -0.2) is 40.6 Å². The van der Waals surface area contributed by atoms with Crippen LogP contribution in [0, 0.1) is 0 Å². The second-order valence-corrected chi connectivity index (χ2v) is 15.1. The first-order valence-corrected chi connectivity index (χ1v) is 15.4. The van der Waals surface area contributed by atoms with Crippen LogP contribution in [0.15, 0.2) is 85.3 Å². The molecular formula is C28H29N5Si. The number of imidazole rings is 1. The smallest absolute Gasteiger partial charge is 0.147 e. The fourth-order valence-electron chi connectivity index (χ4n) is 4.72. The summed E-state index contributed by atoms with van der Waals surface area (Å²) in [6.45, 7) is 8.84. The van der Waals surface area contributed by atoms with E-state index in [9.17, 15) is 0 Å². The number of benzene rings is 2. The number of fused-ring (bicyclic) bond motifs is 6. The third-order valence-corrected chi connectivity index (χ3v) is 8.43. The number of anilines is 1. The van der Waals surface area contributed by atoms with Gasteiger partial charge in [0.05, 0.1) is 23.4 Å². The molecule has 0 unspecified atom stereocenters. The summed E-state index contributed by atoms with van der Waals surface area (Å²) in [4.78, 5) is 14.9. The van der Waals surface area contributed by atoms with Gasteiger partial charge in [-0.25, -0.2) is 4.98 Å². The molecule has 2 aromatic carbocycles. The number of nitrogens with zero attached hydrogens (tertiary/aromatic N) is 5.